The van der Waals surface area contributed by atoms with Crippen molar-refractivity contribution in [1.82, 2.24) is 20.1 Å². The molecule has 0 aliphatic carbocycles. The summed E-state index contributed by atoms with van der Waals surface area (Å²) in [5.41, 5.74) is 2.70. The minimum absolute atomic E-state index is 0.156. The fraction of sp³-hybridized carbons (Fsp3) is 0.269. The molecule has 0 saturated carbocycles. The number of aromatic nitrogens is 4. The van der Waals surface area contributed by atoms with E-state index in [-0.39, 0.29) is 17.8 Å². The summed E-state index contributed by atoms with van der Waals surface area (Å²) >= 11 is 0. The molecule has 1 fully saturated rings. The molecule has 184 valence electrons. The van der Waals surface area contributed by atoms with E-state index in [2.05, 4.69) is 30.3 Å². The second kappa shape index (κ2) is 10.5. The molecule has 2 aromatic carbocycles. The van der Waals surface area contributed by atoms with Gasteiger partial charge in [0.1, 0.15) is 11.6 Å². The van der Waals surface area contributed by atoms with Crippen molar-refractivity contribution in [2.45, 2.75) is 32.4 Å². The fourth-order valence-electron chi connectivity index (χ4n) is 4.09. The zero-order chi connectivity index (χ0) is 24.9. The van der Waals surface area contributed by atoms with E-state index in [9.17, 15) is 4.79 Å². The number of benzene rings is 2. The van der Waals surface area contributed by atoms with Crippen LogP contribution in [0.5, 0.6) is 0 Å². The molecular formula is C26H25FN6O3. The lowest BCUT2D eigenvalue weighted by molar-refractivity contribution is -0.132. The minimum atomic E-state index is -0.743. The number of halogens is 1. The van der Waals surface area contributed by atoms with E-state index in [4.69, 9.17) is 9.26 Å². The molecule has 1 unspecified atom stereocenters. The van der Waals surface area contributed by atoms with Gasteiger partial charge in [-0.2, -0.15) is 9.97 Å². The first-order chi connectivity index (χ1) is 17.6. The number of anilines is 2. The third kappa shape index (κ3) is 5.32. The molecule has 1 aliphatic heterocycles. The Labute approximate surface area is 207 Å². The molecule has 1 N–H and O–H groups in total. The first-order valence-corrected chi connectivity index (χ1v) is 11.7. The Morgan fingerprint density at radius 3 is 2.69 bits per heavy atom. The highest BCUT2D eigenvalue weighted by molar-refractivity contribution is 5.61. The van der Waals surface area contributed by atoms with E-state index in [0.29, 0.717) is 29.7 Å². The lowest BCUT2D eigenvalue weighted by atomic mass is 10.1. The normalized spacial score (nSPS) is 14.0. The van der Waals surface area contributed by atoms with E-state index >= 15 is 4.39 Å². The summed E-state index contributed by atoms with van der Waals surface area (Å²) in [5.74, 6) is 1.11. The molecule has 0 radical (unpaired) electrons. The Bertz CT molecular complexity index is 1340. The van der Waals surface area contributed by atoms with E-state index in [1.807, 2.05) is 31.2 Å². The van der Waals surface area contributed by atoms with Gasteiger partial charge in [0.2, 0.25) is 11.8 Å². The molecule has 1 atom stereocenters. The van der Waals surface area contributed by atoms with E-state index in [1.165, 1.54) is 6.07 Å². The standard InChI is InChI=1S/C26H25FN6O3/c1-17-4-7-19(8-5-17)25-31-24(32-36-25)20-9-6-18(14-21(20)27)15-23(35-16-34)29-22-10-11-28-26(30-22)33-12-2-3-13-33/h4-11,14,16,23H,2-3,12-13,15H2,1H3,(H,28,29,30). The summed E-state index contributed by atoms with van der Waals surface area (Å²) in [6, 6.07) is 14.0. The monoisotopic (exact) mass is 488 g/mol. The Morgan fingerprint density at radius 2 is 1.94 bits per heavy atom. The highest BCUT2D eigenvalue weighted by Gasteiger charge is 2.19. The first kappa shape index (κ1) is 23.4. The van der Waals surface area contributed by atoms with Crippen LogP contribution in [0.4, 0.5) is 16.2 Å². The number of rotatable bonds is 9. The predicted molar refractivity (Wildman–Crippen MR) is 132 cm³/mol. The summed E-state index contributed by atoms with van der Waals surface area (Å²) in [4.78, 5) is 26.4. The third-order valence-electron chi connectivity index (χ3n) is 5.98. The van der Waals surface area contributed by atoms with Gasteiger partial charge in [0.05, 0.1) is 5.56 Å². The highest BCUT2D eigenvalue weighted by atomic mass is 19.1. The number of ether oxygens (including phenoxy) is 1. The van der Waals surface area contributed by atoms with Crippen LogP contribution in [0.15, 0.2) is 59.3 Å². The van der Waals surface area contributed by atoms with Crippen LogP contribution in [0.25, 0.3) is 22.8 Å². The predicted octanol–water partition coefficient (Wildman–Crippen LogP) is 4.40. The molecule has 3 heterocycles. The van der Waals surface area contributed by atoms with Gasteiger partial charge in [0.25, 0.3) is 12.4 Å². The van der Waals surface area contributed by atoms with Crippen molar-refractivity contribution >= 4 is 18.2 Å². The number of nitrogens with zero attached hydrogens (tertiary/aromatic N) is 5. The number of hydrogen-bond donors (Lipinski definition) is 1. The Balaban J connectivity index is 1.29. The van der Waals surface area contributed by atoms with Gasteiger partial charge in [-0.25, -0.2) is 9.37 Å². The quantitative estimate of drug-likeness (QED) is 0.271. The molecule has 36 heavy (non-hydrogen) atoms. The number of carbonyl (C=O) groups is 1. The van der Waals surface area contributed by atoms with Gasteiger partial charge in [-0.3, -0.25) is 4.79 Å². The van der Waals surface area contributed by atoms with Crippen molar-refractivity contribution in [3.63, 3.8) is 0 Å². The third-order valence-corrected chi connectivity index (χ3v) is 5.98. The van der Waals surface area contributed by atoms with Gasteiger partial charge in [-0.15, -0.1) is 0 Å². The zero-order valence-electron chi connectivity index (χ0n) is 19.7. The second-order valence-corrected chi connectivity index (χ2v) is 8.61. The van der Waals surface area contributed by atoms with Gasteiger partial charge in [-0.05, 0) is 55.7 Å². The summed E-state index contributed by atoms with van der Waals surface area (Å²) < 4.78 is 25.5. The number of aryl methyl sites for hydroxylation is 1. The van der Waals surface area contributed by atoms with Gasteiger partial charge in [-0.1, -0.05) is 28.9 Å². The molecule has 5 rings (SSSR count). The van der Waals surface area contributed by atoms with Crippen LogP contribution in [0.3, 0.4) is 0 Å². The topological polar surface area (TPSA) is 106 Å². The van der Waals surface area contributed by atoms with Gasteiger partial charge >= 0.3 is 0 Å². The summed E-state index contributed by atoms with van der Waals surface area (Å²) in [5, 5.41) is 7.03. The average molecular weight is 489 g/mol. The number of carbonyl (C=O) groups excluding carboxylic acids is 1. The maximum atomic E-state index is 15.0. The molecule has 9 nitrogen and oxygen atoms in total. The van der Waals surface area contributed by atoms with Crippen LogP contribution in [-0.2, 0) is 16.0 Å². The van der Waals surface area contributed by atoms with Gasteiger partial charge in [0.15, 0.2) is 6.23 Å². The highest BCUT2D eigenvalue weighted by Crippen LogP contribution is 2.26. The van der Waals surface area contributed by atoms with Crippen LogP contribution >= 0.6 is 0 Å². The fourth-order valence-corrected chi connectivity index (χ4v) is 4.09. The van der Waals surface area contributed by atoms with Crippen molar-refractivity contribution in [3.05, 3.63) is 71.7 Å². The largest absolute Gasteiger partial charge is 0.444 e. The lowest BCUT2D eigenvalue weighted by Crippen LogP contribution is -2.27. The summed E-state index contributed by atoms with van der Waals surface area (Å²) in [7, 11) is 0. The van der Waals surface area contributed by atoms with Crippen LogP contribution < -0.4 is 10.2 Å². The Hall–Kier alpha value is -4.34. The van der Waals surface area contributed by atoms with Crippen LogP contribution in [0.2, 0.25) is 0 Å². The Kier molecular flexibility index (Phi) is 6.83. The molecular weight excluding hydrogens is 463 g/mol. The zero-order valence-corrected chi connectivity index (χ0v) is 19.7. The molecule has 1 saturated heterocycles. The first-order valence-electron chi connectivity index (χ1n) is 11.7. The molecule has 4 aromatic rings. The Morgan fingerprint density at radius 1 is 1.14 bits per heavy atom. The summed E-state index contributed by atoms with van der Waals surface area (Å²) in [6.07, 6.45) is 3.35. The van der Waals surface area contributed by atoms with Crippen LogP contribution in [0.1, 0.15) is 24.0 Å². The smallest absolute Gasteiger partial charge is 0.295 e. The van der Waals surface area contributed by atoms with E-state index < -0.39 is 12.0 Å². The van der Waals surface area contributed by atoms with Crippen LogP contribution in [0, 0.1) is 12.7 Å². The van der Waals surface area contributed by atoms with Crippen molar-refractivity contribution in [1.29, 1.82) is 0 Å². The number of hydrogen-bond acceptors (Lipinski definition) is 9. The van der Waals surface area contributed by atoms with Crippen molar-refractivity contribution in [3.8, 4) is 22.8 Å². The van der Waals surface area contributed by atoms with E-state index in [1.54, 1.807) is 24.4 Å². The van der Waals surface area contributed by atoms with Gasteiger partial charge in [0, 0.05) is 31.3 Å². The van der Waals surface area contributed by atoms with Gasteiger partial charge < -0.3 is 19.5 Å². The average Bonchev–Trinajstić information content (AvgIpc) is 3.58. The minimum Gasteiger partial charge on any atom is -0.444 e. The molecule has 1 aliphatic rings. The summed E-state index contributed by atoms with van der Waals surface area (Å²) in [6.45, 7) is 4.17. The number of nitrogens with one attached hydrogen (secondary N) is 1. The SMILES string of the molecule is Cc1ccc(-c2nc(-c3ccc(CC(Nc4ccnc(N5CCCC5)n4)OC=O)cc3F)no2)cc1. The van der Waals surface area contributed by atoms with Crippen molar-refractivity contribution in [2.75, 3.05) is 23.3 Å². The second-order valence-electron chi connectivity index (χ2n) is 8.61. The molecule has 0 bridgehead atoms. The molecule has 10 heteroatoms. The molecule has 0 amide bonds. The lowest BCUT2D eigenvalue weighted by Gasteiger charge is -2.20. The molecule has 2 aromatic heterocycles. The van der Waals surface area contributed by atoms with Crippen LogP contribution in [-0.4, -0.2) is 45.9 Å². The van der Waals surface area contributed by atoms with Crippen molar-refractivity contribution in [2.24, 2.45) is 0 Å². The maximum Gasteiger partial charge on any atom is 0.295 e. The molecule has 0 spiro atoms. The van der Waals surface area contributed by atoms with E-state index in [0.717, 1.165) is 37.1 Å². The maximum absolute atomic E-state index is 15.0. The van der Waals surface area contributed by atoms with Crippen molar-refractivity contribution < 1.29 is 18.4 Å².